The minimum Gasteiger partial charge on any atom is -0.291 e. The molecule has 0 aliphatic rings. The number of imidazole rings is 1. The first-order valence-corrected chi connectivity index (χ1v) is 8.66. The molecule has 0 radical (unpaired) electrons. The van der Waals surface area contributed by atoms with E-state index in [1.54, 1.807) is 11.8 Å². The number of hydrogen-bond acceptors (Lipinski definition) is 3. The van der Waals surface area contributed by atoms with Crippen molar-refractivity contribution in [1.29, 1.82) is 0 Å². The maximum Gasteiger partial charge on any atom is 0.164 e. The number of aromatic nitrogens is 3. The van der Waals surface area contributed by atoms with Gasteiger partial charge in [0.2, 0.25) is 0 Å². The largest absolute Gasteiger partial charge is 0.291 e. The molecule has 0 N–H and O–H groups in total. The van der Waals surface area contributed by atoms with E-state index in [2.05, 4.69) is 59.6 Å². The molecular formula is C20H17N3S. The lowest BCUT2D eigenvalue weighted by atomic mass is 10.1. The number of hydrogen-bond donors (Lipinski definition) is 0. The molecule has 0 spiro atoms. The Morgan fingerprint density at radius 2 is 1.71 bits per heavy atom. The van der Waals surface area contributed by atoms with Crippen molar-refractivity contribution >= 4 is 17.4 Å². The average molecular weight is 331 g/mol. The van der Waals surface area contributed by atoms with Crippen LogP contribution in [-0.2, 0) is 0 Å². The third-order valence-electron chi connectivity index (χ3n) is 4.04. The molecule has 0 aliphatic carbocycles. The number of nitrogens with zero attached hydrogens (tertiary/aromatic N) is 3. The molecule has 2 aromatic carbocycles. The second-order valence-electron chi connectivity index (χ2n) is 5.80. The standard InChI is InChI=1S/C20H17N3S/c1-14-7-9-16(10-8-14)24-18-13-22-19(20-21-11-12-23(18)20)17-6-4-3-5-15(17)2/h3-13H,1-2H3. The molecule has 0 saturated carbocycles. The molecule has 2 aromatic heterocycles. The third kappa shape index (κ3) is 2.69. The quantitative estimate of drug-likeness (QED) is 0.519. The predicted molar refractivity (Wildman–Crippen MR) is 98.5 cm³/mol. The van der Waals surface area contributed by atoms with Gasteiger partial charge in [0.05, 0.1) is 6.20 Å². The number of benzene rings is 2. The van der Waals surface area contributed by atoms with Gasteiger partial charge in [0.25, 0.3) is 0 Å². The fourth-order valence-corrected chi connectivity index (χ4v) is 3.59. The SMILES string of the molecule is Cc1ccc(Sc2cnc(-c3ccccc3C)c3nccn23)cc1. The van der Waals surface area contributed by atoms with E-state index in [-0.39, 0.29) is 0 Å². The molecule has 4 rings (SSSR count). The summed E-state index contributed by atoms with van der Waals surface area (Å²) in [6, 6.07) is 16.8. The molecule has 0 amide bonds. The van der Waals surface area contributed by atoms with Crippen molar-refractivity contribution in [2.45, 2.75) is 23.8 Å². The Kier molecular flexibility index (Phi) is 3.82. The monoisotopic (exact) mass is 331 g/mol. The summed E-state index contributed by atoms with van der Waals surface area (Å²) >= 11 is 1.70. The van der Waals surface area contributed by atoms with Crippen LogP contribution < -0.4 is 0 Å². The van der Waals surface area contributed by atoms with Gasteiger partial charge in [-0.2, -0.15) is 0 Å². The summed E-state index contributed by atoms with van der Waals surface area (Å²) in [5, 5.41) is 1.06. The summed E-state index contributed by atoms with van der Waals surface area (Å²) in [4.78, 5) is 10.5. The van der Waals surface area contributed by atoms with Gasteiger partial charge in [-0.3, -0.25) is 4.40 Å². The fraction of sp³-hybridized carbons (Fsp3) is 0.100. The Morgan fingerprint density at radius 3 is 2.50 bits per heavy atom. The van der Waals surface area contributed by atoms with Crippen molar-refractivity contribution in [2.75, 3.05) is 0 Å². The first-order valence-electron chi connectivity index (χ1n) is 7.85. The van der Waals surface area contributed by atoms with Crippen LogP contribution in [0, 0.1) is 13.8 Å². The van der Waals surface area contributed by atoms with E-state index in [9.17, 15) is 0 Å². The van der Waals surface area contributed by atoms with Crippen molar-refractivity contribution < 1.29 is 0 Å². The van der Waals surface area contributed by atoms with E-state index < -0.39 is 0 Å². The van der Waals surface area contributed by atoms with E-state index in [1.807, 2.05) is 30.7 Å². The zero-order chi connectivity index (χ0) is 16.5. The molecule has 0 unspecified atom stereocenters. The molecule has 4 heteroatoms. The molecule has 0 bridgehead atoms. The lowest BCUT2D eigenvalue weighted by molar-refractivity contribution is 0.983. The number of fused-ring (bicyclic) bond motifs is 1. The van der Waals surface area contributed by atoms with Gasteiger partial charge in [0, 0.05) is 22.9 Å². The lowest BCUT2D eigenvalue weighted by Gasteiger charge is -2.10. The molecule has 0 aliphatic heterocycles. The molecular weight excluding hydrogens is 314 g/mol. The van der Waals surface area contributed by atoms with Gasteiger partial charge in [-0.15, -0.1) is 0 Å². The van der Waals surface area contributed by atoms with Crippen LogP contribution in [0.5, 0.6) is 0 Å². The van der Waals surface area contributed by atoms with E-state index in [1.165, 1.54) is 16.0 Å². The Labute approximate surface area is 145 Å². The van der Waals surface area contributed by atoms with Crippen LogP contribution in [0.15, 0.2) is 77.0 Å². The van der Waals surface area contributed by atoms with Crippen LogP contribution in [-0.4, -0.2) is 14.4 Å². The van der Waals surface area contributed by atoms with Crippen LogP contribution in [0.1, 0.15) is 11.1 Å². The fourth-order valence-electron chi connectivity index (χ4n) is 2.73. The molecule has 0 saturated heterocycles. The van der Waals surface area contributed by atoms with Crippen molar-refractivity contribution in [1.82, 2.24) is 14.4 Å². The average Bonchev–Trinajstić information content (AvgIpc) is 3.08. The molecule has 0 fully saturated rings. The van der Waals surface area contributed by atoms with Gasteiger partial charge in [0.15, 0.2) is 5.65 Å². The second kappa shape index (κ2) is 6.13. The Balaban J connectivity index is 1.80. The van der Waals surface area contributed by atoms with Gasteiger partial charge in [-0.1, -0.05) is 53.7 Å². The van der Waals surface area contributed by atoms with E-state index in [4.69, 9.17) is 4.98 Å². The van der Waals surface area contributed by atoms with Crippen molar-refractivity contribution in [2.24, 2.45) is 0 Å². The summed E-state index contributed by atoms with van der Waals surface area (Å²) < 4.78 is 2.11. The van der Waals surface area contributed by atoms with Gasteiger partial charge < -0.3 is 0 Å². The molecule has 118 valence electrons. The summed E-state index contributed by atoms with van der Waals surface area (Å²) in [7, 11) is 0. The second-order valence-corrected chi connectivity index (χ2v) is 6.89. The highest BCUT2D eigenvalue weighted by molar-refractivity contribution is 7.99. The van der Waals surface area contributed by atoms with Crippen LogP contribution >= 0.6 is 11.8 Å². The Hall–Kier alpha value is -2.59. The van der Waals surface area contributed by atoms with Gasteiger partial charge >= 0.3 is 0 Å². The topological polar surface area (TPSA) is 30.2 Å². The van der Waals surface area contributed by atoms with Crippen LogP contribution in [0.4, 0.5) is 0 Å². The lowest BCUT2D eigenvalue weighted by Crippen LogP contribution is -1.96. The van der Waals surface area contributed by atoms with Crippen molar-refractivity contribution in [3.63, 3.8) is 0 Å². The summed E-state index contributed by atoms with van der Waals surface area (Å²) in [6.07, 6.45) is 5.76. The summed E-state index contributed by atoms with van der Waals surface area (Å²) in [5.74, 6) is 0. The van der Waals surface area contributed by atoms with Gasteiger partial charge in [-0.05, 0) is 31.5 Å². The van der Waals surface area contributed by atoms with Crippen molar-refractivity contribution in [3.05, 3.63) is 78.2 Å². The third-order valence-corrected chi connectivity index (χ3v) is 5.06. The molecule has 0 atom stereocenters. The maximum absolute atomic E-state index is 4.72. The van der Waals surface area contributed by atoms with Crippen molar-refractivity contribution in [3.8, 4) is 11.3 Å². The van der Waals surface area contributed by atoms with E-state index >= 15 is 0 Å². The molecule has 2 heterocycles. The van der Waals surface area contributed by atoms with Crippen LogP contribution in [0.2, 0.25) is 0 Å². The van der Waals surface area contributed by atoms with Gasteiger partial charge in [0.1, 0.15) is 10.7 Å². The zero-order valence-electron chi connectivity index (χ0n) is 13.6. The molecule has 4 aromatic rings. The zero-order valence-corrected chi connectivity index (χ0v) is 14.4. The minimum absolute atomic E-state index is 0.890. The number of aryl methyl sites for hydroxylation is 2. The van der Waals surface area contributed by atoms with E-state index in [0.717, 1.165) is 21.9 Å². The first-order chi connectivity index (χ1) is 11.7. The van der Waals surface area contributed by atoms with Gasteiger partial charge in [-0.25, -0.2) is 9.97 Å². The highest BCUT2D eigenvalue weighted by Gasteiger charge is 2.12. The molecule has 3 nitrogen and oxygen atoms in total. The normalized spacial score (nSPS) is 11.1. The highest BCUT2D eigenvalue weighted by Crippen LogP contribution is 2.31. The molecule has 24 heavy (non-hydrogen) atoms. The van der Waals surface area contributed by atoms with E-state index in [0.29, 0.717) is 0 Å². The summed E-state index contributed by atoms with van der Waals surface area (Å²) in [5.41, 5.74) is 5.40. The minimum atomic E-state index is 0.890. The Bertz CT molecular complexity index is 1000. The highest BCUT2D eigenvalue weighted by atomic mass is 32.2. The Morgan fingerprint density at radius 1 is 0.917 bits per heavy atom. The maximum atomic E-state index is 4.72. The van der Waals surface area contributed by atoms with Crippen LogP contribution in [0.25, 0.3) is 16.9 Å². The summed E-state index contributed by atoms with van der Waals surface area (Å²) in [6.45, 7) is 4.20. The predicted octanol–water partition coefficient (Wildman–Crippen LogP) is 5.16. The number of rotatable bonds is 3. The first kappa shape index (κ1) is 15.0. The van der Waals surface area contributed by atoms with Crippen LogP contribution in [0.3, 0.4) is 0 Å². The smallest absolute Gasteiger partial charge is 0.164 e.